The number of fused-ring (bicyclic) bond motifs is 1. The van der Waals surface area contributed by atoms with Crippen molar-refractivity contribution < 1.29 is 14.3 Å². The molecule has 6 aromatic rings. The Morgan fingerprint density at radius 1 is 1.04 bits per heavy atom. The van der Waals surface area contributed by atoms with Crippen LogP contribution >= 0.6 is 34.5 Å². The van der Waals surface area contributed by atoms with E-state index in [1.165, 1.54) is 0 Å². The molecule has 3 heterocycles. The minimum atomic E-state index is -0.139. The first-order valence-electron chi connectivity index (χ1n) is 17.8. The predicted molar refractivity (Wildman–Crippen MR) is 222 cm³/mol. The van der Waals surface area contributed by atoms with Gasteiger partial charge in [0.15, 0.2) is 0 Å². The summed E-state index contributed by atoms with van der Waals surface area (Å²) in [4.78, 5) is 27.8. The van der Waals surface area contributed by atoms with Crippen molar-refractivity contribution in [3.05, 3.63) is 114 Å². The topological polar surface area (TPSA) is 103 Å². The molecule has 0 fully saturated rings. The van der Waals surface area contributed by atoms with Crippen LogP contribution in [0, 0.1) is 27.7 Å². The van der Waals surface area contributed by atoms with Crippen molar-refractivity contribution in [3.63, 3.8) is 0 Å². The molecule has 12 heteroatoms. The van der Waals surface area contributed by atoms with Gasteiger partial charge in [-0.1, -0.05) is 29.3 Å². The van der Waals surface area contributed by atoms with Crippen molar-refractivity contribution in [2.75, 3.05) is 18.5 Å². The standard InChI is InChI=1S/C42H44Cl2N6O3S/c1-25-14-34(15-26(2)41(25)44)53-13-7-8-31(17-32-19-50(20-33-22-54-24-46-33)38-12-9-30(21-51)16-36(32)38)35-10-11-37(43)40(39-28(4)48-49(6)29(39)5)42(35)47-27(3)18-45-23-52/h9-12,14-17,19,21-24,27,47H,7-8,13,18,20H2,1-6H3,(H,45,52)/b31-17+/t27-/m1/s1. The molecule has 2 N–H and O–H groups in total. The molecular formula is C42H44Cl2N6O3S. The first-order valence-corrected chi connectivity index (χ1v) is 19.5. The van der Waals surface area contributed by atoms with Gasteiger partial charge in [0.05, 0.1) is 40.8 Å². The summed E-state index contributed by atoms with van der Waals surface area (Å²) in [6.07, 6.45) is 7.28. The number of aldehydes is 1. The summed E-state index contributed by atoms with van der Waals surface area (Å²) in [5, 5.41) is 15.6. The Morgan fingerprint density at radius 3 is 2.48 bits per heavy atom. The van der Waals surface area contributed by atoms with Crippen molar-refractivity contribution in [3.8, 4) is 16.9 Å². The number of carbonyl (C=O) groups excluding carboxylic acids is 2. The molecule has 3 aromatic heterocycles. The summed E-state index contributed by atoms with van der Waals surface area (Å²) >= 11 is 15.1. The predicted octanol–water partition coefficient (Wildman–Crippen LogP) is 9.85. The second kappa shape index (κ2) is 17.1. The van der Waals surface area contributed by atoms with Crippen LogP contribution in [-0.2, 0) is 18.4 Å². The van der Waals surface area contributed by atoms with Gasteiger partial charge in [-0.05, 0) is 107 Å². The van der Waals surface area contributed by atoms with E-state index in [9.17, 15) is 9.59 Å². The van der Waals surface area contributed by atoms with E-state index < -0.39 is 0 Å². The Labute approximate surface area is 330 Å². The van der Waals surface area contributed by atoms with Crippen LogP contribution in [0.15, 0.2) is 59.6 Å². The number of aromatic nitrogens is 4. The number of carbonyl (C=O) groups is 2. The van der Waals surface area contributed by atoms with E-state index in [1.807, 2.05) is 93.6 Å². The average molecular weight is 784 g/mol. The lowest BCUT2D eigenvalue weighted by molar-refractivity contribution is -0.109. The highest BCUT2D eigenvalue weighted by Crippen LogP contribution is 2.44. The molecule has 280 valence electrons. The highest BCUT2D eigenvalue weighted by molar-refractivity contribution is 7.07. The fourth-order valence-electron chi connectivity index (χ4n) is 6.96. The van der Waals surface area contributed by atoms with Gasteiger partial charge < -0.3 is 19.9 Å². The largest absolute Gasteiger partial charge is 0.494 e. The van der Waals surface area contributed by atoms with E-state index in [1.54, 1.807) is 11.3 Å². The lowest BCUT2D eigenvalue weighted by atomic mass is 9.91. The second-order valence-electron chi connectivity index (χ2n) is 13.7. The van der Waals surface area contributed by atoms with Crippen LogP contribution in [0.5, 0.6) is 5.75 Å². The van der Waals surface area contributed by atoms with Gasteiger partial charge in [-0.15, -0.1) is 11.3 Å². The number of nitrogens with one attached hydrogen (secondary N) is 2. The fraction of sp³-hybridized carbons (Fsp3) is 0.286. The molecule has 54 heavy (non-hydrogen) atoms. The van der Waals surface area contributed by atoms with Crippen LogP contribution in [0.1, 0.15) is 69.5 Å². The second-order valence-corrected chi connectivity index (χ2v) is 15.2. The molecule has 6 rings (SSSR count). The summed E-state index contributed by atoms with van der Waals surface area (Å²) < 4.78 is 10.3. The van der Waals surface area contributed by atoms with Gasteiger partial charge >= 0.3 is 0 Å². The number of thiazole rings is 1. The lowest BCUT2D eigenvalue weighted by Gasteiger charge is -2.24. The third-order valence-corrected chi connectivity index (χ3v) is 11.2. The number of allylic oxidation sites excluding steroid dienone is 1. The zero-order valence-electron chi connectivity index (χ0n) is 31.3. The minimum Gasteiger partial charge on any atom is -0.494 e. The Kier molecular flexibility index (Phi) is 12.3. The normalized spacial score (nSPS) is 12.3. The SMILES string of the molecule is Cc1cc(OCCC/C(=C\c2cn(Cc3cscn3)c3ccc(C=O)cc23)c2ccc(Cl)c(-c3c(C)nn(C)c3C)c2N[C@H](C)CNC=O)cc(C)c1Cl. The number of hydrogen-bond donors (Lipinski definition) is 2. The molecule has 0 aliphatic rings. The molecule has 0 aliphatic carbocycles. The molecule has 1 amide bonds. The zero-order chi connectivity index (χ0) is 38.5. The first kappa shape index (κ1) is 38.8. The van der Waals surface area contributed by atoms with Crippen LogP contribution < -0.4 is 15.4 Å². The lowest BCUT2D eigenvalue weighted by Crippen LogP contribution is -2.30. The van der Waals surface area contributed by atoms with E-state index in [4.69, 9.17) is 33.0 Å². The minimum absolute atomic E-state index is 0.139. The van der Waals surface area contributed by atoms with Gasteiger partial charge in [0.2, 0.25) is 6.41 Å². The third kappa shape index (κ3) is 8.41. The number of ether oxygens (including phenoxy) is 1. The van der Waals surface area contributed by atoms with Gasteiger partial charge in [0, 0.05) is 80.6 Å². The van der Waals surface area contributed by atoms with Gasteiger partial charge in [-0.25, -0.2) is 4.98 Å². The summed E-state index contributed by atoms with van der Waals surface area (Å²) in [6, 6.07) is 13.6. The molecule has 9 nitrogen and oxygen atoms in total. The number of benzene rings is 3. The van der Waals surface area contributed by atoms with E-state index in [0.717, 1.165) is 89.7 Å². The molecule has 3 aromatic carbocycles. The van der Waals surface area contributed by atoms with Crippen LogP contribution in [0.2, 0.25) is 10.0 Å². The summed E-state index contributed by atoms with van der Waals surface area (Å²) in [5.74, 6) is 0.779. The number of hydrogen-bond acceptors (Lipinski definition) is 7. The maximum Gasteiger partial charge on any atom is 0.207 e. The van der Waals surface area contributed by atoms with Crippen LogP contribution in [-0.4, -0.2) is 51.2 Å². The van der Waals surface area contributed by atoms with Crippen molar-refractivity contribution in [2.45, 2.75) is 60.0 Å². The number of nitrogens with zero attached hydrogens (tertiary/aromatic N) is 4. The van der Waals surface area contributed by atoms with Crippen molar-refractivity contribution in [1.82, 2.24) is 24.6 Å². The number of amides is 1. The summed E-state index contributed by atoms with van der Waals surface area (Å²) in [7, 11) is 1.93. The van der Waals surface area contributed by atoms with Crippen molar-refractivity contribution >= 4 is 75.5 Å². The average Bonchev–Trinajstić information content (AvgIpc) is 3.85. The Bertz CT molecular complexity index is 2320. The maximum atomic E-state index is 12.0. The smallest absolute Gasteiger partial charge is 0.207 e. The number of halogens is 2. The first-order chi connectivity index (χ1) is 26.0. The Balaban J connectivity index is 1.51. The van der Waals surface area contributed by atoms with Crippen LogP contribution in [0.25, 0.3) is 33.7 Å². The number of anilines is 1. The summed E-state index contributed by atoms with van der Waals surface area (Å²) in [5.41, 5.74) is 13.8. The van der Waals surface area contributed by atoms with Crippen molar-refractivity contribution in [1.29, 1.82) is 0 Å². The van der Waals surface area contributed by atoms with Crippen LogP contribution in [0.4, 0.5) is 5.69 Å². The Morgan fingerprint density at radius 2 is 1.81 bits per heavy atom. The third-order valence-electron chi connectivity index (χ3n) is 9.64. The fourth-order valence-corrected chi connectivity index (χ4v) is 7.87. The van der Waals surface area contributed by atoms with E-state index >= 15 is 0 Å². The molecular weight excluding hydrogens is 739 g/mol. The monoisotopic (exact) mass is 782 g/mol. The Hall–Kier alpha value is -4.90. The van der Waals surface area contributed by atoms with Crippen molar-refractivity contribution in [2.24, 2.45) is 7.05 Å². The molecule has 1 atom stereocenters. The highest BCUT2D eigenvalue weighted by atomic mass is 35.5. The van der Waals surface area contributed by atoms with E-state index in [0.29, 0.717) is 49.5 Å². The zero-order valence-corrected chi connectivity index (χ0v) is 33.6. The van der Waals surface area contributed by atoms with Gasteiger partial charge in [0.25, 0.3) is 0 Å². The van der Waals surface area contributed by atoms with E-state index in [2.05, 4.69) is 38.5 Å². The molecule has 0 saturated carbocycles. The summed E-state index contributed by atoms with van der Waals surface area (Å²) in [6.45, 7) is 11.5. The van der Waals surface area contributed by atoms with Gasteiger partial charge in [0.1, 0.15) is 12.0 Å². The molecule has 0 aliphatic heterocycles. The molecule has 0 saturated heterocycles. The molecule has 0 spiro atoms. The maximum absolute atomic E-state index is 12.0. The molecule has 0 unspecified atom stereocenters. The number of aryl methyl sites for hydroxylation is 4. The van der Waals surface area contributed by atoms with Gasteiger partial charge in [-0.3, -0.25) is 14.3 Å². The van der Waals surface area contributed by atoms with E-state index in [-0.39, 0.29) is 6.04 Å². The molecule has 0 bridgehead atoms. The highest BCUT2D eigenvalue weighted by Gasteiger charge is 2.24. The number of rotatable bonds is 16. The van der Waals surface area contributed by atoms with Gasteiger partial charge in [-0.2, -0.15) is 5.10 Å². The van der Waals surface area contributed by atoms with Crippen LogP contribution in [0.3, 0.4) is 0 Å². The molecule has 0 radical (unpaired) electrons. The quantitative estimate of drug-likeness (QED) is 0.0749.